The van der Waals surface area contributed by atoms with Gasteiger partial charge in [0.15, 0.2) is 11.4 Å². The van der Waals surface area contributed by atoms with Gasteiger partial charge in [-0.15, -0.1) is 0 Å². The number of hydrogen-bond donors (Lipinski definition) is 0. The molecule has 0 atom stereocenters. The number of benzene rings is 1. The second-order valence-corrected chi connectivity index (χ2v) is 6.21. The molecule has 0 N–H and O–H groups in total. The van der Waals surface area contributed by atoms with Crippen LogP contribution in [0.2, 0.25) is 0 Å². The summed E-state index contributed by atoms with van der Waals surface area (Å²) in [6.07, 6.45) is 4.42. The molecule has 0 saturated carbocycles. The topological polar surface area (TPSA) is 46.6 Å². The van der Waals surface area contributed by atoms with E-state index in [1.807, 2.05) is 24.8 Å². The summed E-state index contributed by atoms with van der Waals surface area (Å²) < 4.78 is 6.10. The van der Waals surface area contributed by atoms with Gasteiger partial charge in [0.2, 0.25) is 0 Å². The lowest BCUT2D eigenvalue weighted by Gasteiger charge is -2.42. The number of anilines is 1. The summed E-state index contributed by atoms with van der Waals surface area (Å²) in [5.41, 5.74) is 0.564. The van der Waals surface area contributed by atoms with E-state index in [2.05, 4.69) is 6.92 Å². The quantitative estimate of drug-likeness (QED) is 0.554. The van der Waals surface area contributed by atoms with Crippen LogP contribution in [0.3, 0.4) is 0 Å². The molecule has 1 aliphatic heterocycles. The fourth-order valence-electron chi connectivity index (χ4n) is 3.08. The van der Waals surface area contributed by atoms with Crippen molar-refractivity contribution in [3.8, 4) is 5.75 Å². The van der Waals surface area contributed by atoms with Crippen molar-refractivity contribution in [2.45, 2.75) is 65.4 Å². The number of rotatable bonds is 7. The number of hydrogen-bond acceptors (Lipinski definition) is 3. The van der Waals surface area contributed by atoms with E-state index in [4.69, 9.17) is 4.74 Å². The molecule has 4 nitrogen and oxygen atoms in total. The van der Waals surface area contributed by atoms with Crippen LogP contribution in [-0.4, -0.2) is 23.8 Å². The fourth-order valence-corrected chi connectivity index (χ4v) is 3.08. The zero-order valence-corrected chi connectivity index (χ0v) is 14.6. The molecule has 1 heterocycles. The first-order chi connectivity index (χ1) is 11.0. The highest BCUT2D eigenvalue weighted by Crippen LogP contribution is 2.41. The third-order valence-corrected chi connectivity index (χ3v) is 4.72. The van der Waals surface area contributed by atoms with Crippen LogP contribution >= 0.6 is 0 Å². The van der Waals surface area contributed by atoms with Gasteiger partial charge < -0.3 is 9.64 Å². The Morgan fingerprint density at radius 1 is 1.17 bits per heavy atom. The van der Waals surface area contributed by atoms with Crippen LogP contribution in [0.4, 0.5) is 5.69 Å². The largest absolute Gasteiger partial charge is 0.475 e. The van der Waals surface area contributed by atoms with Crippen LogP contribution < -0.4 is 9.64 Å². The SMILES string of the molecule is CCCCCN1C(=O)C(CC)(CC)Oc2ccc(C(C)=O)cc21. The van der Waals surface area contributed by atoms with Crippen molar-refractivity contribution < 1.29 is 14.3 Å². The maximum absolute atomic E-state index is 13.1. The van der Waals surface area contributed by atoms with E-state index in [0.29, 0.717) is 30.7 Å². The number of carbonyl (C=O) groups is 2. The molecule has 23 heavy (non-hydrogen) atoms. The minimum absolute atomic E-state index is 0.00317. The first-order valence-electron chi connectivity index (χ1n) is 8.65. The molecule has 1 aliphatic rings. The molecule has 0 aromatic heterocycles. The van der Waals surface area contributed by atoms with Crippen molar-refractivity contribution >= 4 is 17.4 Å². The Kier molecular flexibility index (Phi) is 5.45. The summed E-state index contributed by atoms with van der Waals surface area (Å²) in [6, 6.07) is 5.39. The molecule has 0 spiro atoms. The Bertz CT molecular complexity index is 590. The summed E-state index contributed by atoms with van der Waals surface area (Å²) in [6.45, 7) is 8.33. The first kappa shape index (κ1) is 17.5. The van der Waals surface area contributed by atoms with Crippen LogP contribution in [0.15, 0.2) is 18.2 Å². The van der Waals surface area contributed by atoms with E-state index in [1.165, 1.54) is 6.92 Å². The molecule has 4 heteroatoms. The Morgan fingerprint density at radius 2 is 1.87 bits per heavy atom. The molecular weight excluding hydrogens is 290 g/mol. The third kappa shape index (κ3) is 3.26. The normalized spacial score (nSPS) is 16.0. The second-order valence-electron chi connectivity index (χ2n) is 6.21. The zero-order valence-electron chi connectivity index (χ0n) is 14.6. The summed E-state index contributed by atoms with van der Waals surface area (Å²) in [7, 11) is 0. The smallest absolute Gasteiger partial charge is 0.271 e. The molecule has 0 unspecified atom stereocenters. The second kappa shape index (κ2) is 7.16. The molecule has 126 valence electrons. The molecule has 0 radical (unpaired) electrons. The average Bonchev–Trinajstić information content (AvgIpc) is 2.56. The summed E-state index contributed by atoms with van der Waals surface area (Å²) in [5, 5.41) is 0. The zero-order chi connectivity index (χ0) is 17.0. The molecular formula is C19H27NO3. The lowest BCUT2D eigenvalue weighted by atomic mass is 9.92. The monoisotopic (exact) mass is 317 g/mol. The van der Waals surface area contributed by atoms with Gasteiger partial charge >= 0.3 is 0 Å². The number of amides is 1. The highest BCUT2D eigenvalue weighted by Gasteiger charge is 2.45. The van der Waals surface area contributed by atoms with Crippen LogP contribution in [0.1, 0.15) is 70.2 Å². The van der Waals surface area contributed by atoms with Crippen LogP contribution in [0, 0.1) is 0 Å². The molecule has 2 rings (SSSR count). The van der Waals surface area contributed by atoms with Crippen molar-refractivity contribution in [2.24, 2.45) is 0 Å². The number of nitrogens with zero attached hydrogens (tertiary/aromatic N) is 1. The van der Waals surface area contributed by atoms with Gasteiger partial charge in [-0.1, -0.05) is 33.6 Å². The van der Waals surface area contributed by atoms with Crippen molar-refractivity contribution in [3.05, 3.63) is 23.8 Å². The van der Waals surface area contributed by atoms with Crippen LogP contribution in [-0.2, 0) is 4.79 Å². The van der Waals surface area contributed by atoms with Gasteiger partial charge in [-0.2, -0.15) is 0 Å². The lowest BCUT2D eigenvalue weighted by Crippen LogP contribution is -2.55. The Labute approximate surface area is 138 Å². The van der Waals surface area contributed by atoms with Crippen molar-refractivity contribution in [2.75, 3.05) is 11.4 Å². The Hall–Kier alpha value is -1.84. The number of carbonyl (C=O) groups excluding carboxylic acids is 2. The number of ketones is 1. The number of unbranched alkanes of at least 4 members (excludes halogenated alkanes) is 2. The van der Waals surface area contributed by atoms with E-state index in [0.717, 1.165) is 24.9 Å². The van der Waals surface area contributed by atoms with E-state index in [1.54, 1.807) is 12.1 Å². The number of fused-ring (bicyclic) bond motifs is 1. The molecule has 0 aliphatic carbocycles. The molecule has 1 aromatic rings. The summed E-state index contributed by atoms with van der Waals surface area (Å²) in [4.78, 5) is 26.6. The Balaban J connectivity index is 2.46. The predicted octanol–water partition coefficient (Wildman–Crippen LogP) is 4.36. The van der Waals surface area contributed by atoms with Gasteiger partial charge in [-0.3, -0.25) is 9.59 Å². The van der Waals surface area contributed by atoms with Crippen LogP contribution in [0.25, 0.3) is 0 Å². The average molecular weight is 317 g/mol. The molecule has 0 fully saturated rings. The van der Waals surface area contributed by atoms with Gasteiger partial charge in [0.05, 0.1) is 5.69 Å². The fraction of sp³-hybridized carbons (Fsp3) is 0.579. The van der Waals surface area contributed by atoms with E-state index in [9.17, 15) is 9.59 Å². The standard InChI is InChI=1S/C19H27NO3/c1-5-8-9-12-20-16-13-15(14(4)21)10-11-17(16)23-19(6-2,7-3)18(20)22/h10-11,13H,5-9,12H2,1-4H3. The van der Waals surface area contributed by atoms with Gasteiger partial charge in [0, 0.05) is 12.1 Å². The molecule has 0 bridgehead atoms. The minimum Gasteiger partial charge on any atom is -0.475 e. The highest BCUT2D eigenvalue weighted by molar-refractivity contribution is 6.04. The highest BCUT2D eigenvalue weighted by atomic mass is 16.5. The van der Waals surface area contributed by atoms with Gasteiger partial charge in [-0.05, 0) is 44.4 Å². The van der Waals surface area contributed by atoms with Gasteiger partial charge in [0.1, 0.15) is 5.75 Å². The van der Waals surface area contributed by atoms with Gasteiger partial charge in [0.25, 0.3) is 5.91 Å². The maximum atomic E-state index is 13.1. The Morgan fingerprint density at radius 3 is 2.43 bits per heavy atom. The van der Waals surface area contributed by atoms with E-state index in [-0.39, 0.29) is 11.7 Å². The molecule has 1 aromatic carbocycles. The predicted molar refractivity (Wildman–Crippen MR) is 92.3 cm³/mol. The summed E-state index contributed by atoms with van der Waals surface area (Å²) in [5.74, 6) is 0.721. The third-order valence-electron chi connectivity index (χ3n) is 4.72. The summed E-state index contributed by atoms with van der Waals surface area (Å²) >= 11 is 0. The van der Waals surface area contributed by atoms with Crippen molar-refractivity contribution in [1.82, 2.24) is 0 Å². The maximum Gasteiger partial charge on any atom is 0.271 e. The van der Waals surface area contributed by atoms with Crippen LogP contribution in [0.5, 0.6) is 5.75 Å². The number of Topliss-reactive ketones (excluding diaryl/α,β-unsaturated/α-hetero) is 1. The van der Waals surface area contributed by atoms with E-state index >= 15 is 0 Å². The lowest BCUT2D eigenvalue weighted by molar-refractivity contribution is -0.136. The first-order valence-corrected chi connectivity index (χ1v) is 8.65. The minimum atomic E-state index is -0.781. The van der Waals surface area contributed by atoms with Crippen molar-refractivity contribution in [1.29, 1.82) is 0 Å². The van der Waals surface area contributed by atoms with E-state index < -0.39 is 5.60 Å². The van der Waals surface area contributed by atoms with Crippen molar-refractivity contribution in [3.63, 3.8) is 0 Å². The molecule has 0 saturated heterocycles. The van der Waals surface area contributed by atoms with Gasteiger partial charge in [-0.25, -0.2) is 0 Å². The molecule has 1 amide bonds. The number of ether oxygens (including phenoxy) is 1.